The largest absolute Gasteiger partial charge is 0.399 e. The number of nitrogens with zero attached hydrogens (tertiary/aromatic N) is 1. The molecule has 2 saturated heterocycles. The van der Waals surface area contributed by atoms with Gasteiger partial charge >= 0.3 is 0 Å². The van der Waals surface area contributed by atoms with Crippen LogP contribution in [-0.4, -0.2) is 32.0 Å². The Morgan fingerprint density at radius 2 is 2.19 bits per heavy atom. The van der Waals surface area contributed by atoms with Crippen molar-refractivity contribution in [1.82, 2.24) is 0 Å². The first-order valence-electron chi connectivity index (χ1n) is 5.40. The van der Waals surface area contributed by atoms with Gasteiger partial charge < -0.3 is 10.6 Å². The first-order chi connectivity index (χ1) is 7.56. The lowest BCUT2D eigenvalue weighted by Gasteiger charge is -2.29. The highest BCUT2D eigenvalue weighted by Crippen LogP contribution is 2.36. The average molecular weight is 238 g/mol. The first kappa shape index (κ1) is 9.96. The SMILES string of the molecule is Nc1cccc(N2CC3CC2CS3(=O)=O)c1. The van der Waals surface area contributed by atoms with Crippen LogP contribution in [0.3, 0.4) is 0 Å². The van der Waals surface area contributed by atoms with Crippen molar-refractivity contribution in [1.29, 1.82) is 0 Å². The van der Waals surface area contributed by atoms with Crippen LogP contribution in [0.4, 0.5) is 11.4 Å². The second-order valence-electron chi connectivity index (χ2n) is 4.59. The average Bonchev–Trinajstić information content (AvgIpc) is 2.72. The summed E-state index contributed by atoms with van der Waals surface area (Å²) < 4.78 is 23.2. The molecule has 2 atom stereocenters. The lowest BCUT2D eigenvalue weighted by atomic mass is 10.2. The summed E-state index contributed by atoms with van der Waals surface area (Å²) in [5.74, 6) is 0.298. The topological polar surface area (TPSA) is 63.4 Å². The van der Waals surface area contributed by atoms with Crippen LogP contribution in [0.25, 0.3) is 0 Å². The first-order valence-corrected chi connectivity index (χ1v) is 7.11. The van der Waals surface area contributed by atoms with Gasteiger partial charge in [-0.15, -0.1) is 0 Å². The monoisotopic (exact) mass is 238 g/mol. The molecular weight excluding hydrogens is 224 g/mol. The van der Waals surface area contributed by atoms with Gasteiger partial charge in [-0.05, 0) is 24.6 Å². The third-order valence-electron chi connectivity index (χ3n) is 3.51. The van der Waals surface area contributed by atoms with Crippen LogP contribution in [-0.2, 0) is 9.84 Å². The van der Waals surface area contributed by atoms with Crippen molar-refractivity contribution in [2.45, 2.75) is 17.7 Å². The van der Waals surface area contributed by atoms with Crippen LogP contribution in [0.5, 0.6) is 0 Å². The molecule has 2 N–H and O–H groups in total. The predicted molar refractivity (Wildman–Crippen MR) is 64.2 cm³/mol. The molecule has 0 amide bonds. The maximum Gasteiger partial charge on any atom is 0.156 e. The Bertz CT molecular complexity index is 527. The quantitative estimate of drug-likeness (QED) is 0.729. The maximum absolute atomic E-state index is 11.6. The Kier molecular flexibility index (Phi) is 1.95. The molecule has 0 saturated carbocycles. The van der Waals surface area contributed by atoms with E-state index < -0.39 is 9.84 Å². The molecule has 2 aliphatic heterocycles. The zero-order valence-electron chi connectivity index (χ0n) is 8.83. The van der Waals surface area contributed by atoms with Crippen molar-refractivity contribution in [2.75, 3.05) is 22.9 Å². The van der Waals surface area contributed by atoms with E-state index in [1.165, 1.54) is 0 Å². The Morgan fingerprint density at radius 3 is 2.75 bits per heavy atom. The summed E-state index contributed by atoms with van der Waals surface area (Å²) in [5.41, 5.74) is 7.50. The van der Waals surface area contributed by atoms with E-state index >= 15 is 0 Å². The van der Waals surface area contributed by atoms with Gasteiger partial charge in [0.15, 0.2) is 9.84 Å². The van der Waals surface area contributed by atoms with Crippen LogP contribution in [0.15, 0.2) is 24.3 Å². The van der Waals surface area contributed by atoms with E-state index in [0.29, 0.717) is 12.3 Å². The van der Waals surface area contributed by atoms with Crippen molar-refractivity contribution >= 4 is 21.2 Å². The lowest BCUT2D eigenvalue weighted by Crippen LogP contribution is -2.40. The highest BCUT2D eigenvalue weighted by atomic mass is 32.2. The summed E-state index contributed by atoms with van der Waals surface area (Å²) >= 11 is 0. The summed E-state index contributed by atoms with van der Waals surface area (Å²) in [6.45, 7) is 0.621. The van der Waals surface area contributed by atoms with Crippen LogP contribution in [0.1, 0.15) is 6.42 Å². The molecule has 0 radical (unpaired) electrons. The van der Waals surface area contributed by atoms with Gasteiger partial charge in [-0.25, -0.2) is 8.42 Å². The van der Waals surface area contributed by atoms with Gasteiger partial charge in [-0.3, -0.25) is 0 Å². The molecule has 2 fully saturated rings. The second-order valence-corrected chi connectivity index (χ2v) is 6.91. The molecule has 5 heteroatoms. The van der Waals surface area contributed by atoms with Crippen LogP contribution in [0, 0.1) is 0 Å². The summed E-state index contributed by atoms with van der Waals surface area (Å²) in [5, 5.41) is -0.168. The van der Waals surface area contributed by atoms with Gasteiger partial charge in [0.1, 0.15) is 0 Å². The second kappa shape index (κ2) is 3.13. The minimum Gasteiger partial charge on any atom is -0.399 e. The normalized spacial score (nSPS) is 30.9. The number of hydrogen-bond acceptors (Lipinski definition) is 4. The molecule has 4 nitrogen and oxygen atoms in total. The summed E-state index contributed by atoms with van der Waals surface area (Å²) in [4.78, 5) is 2.17. The fourth-order valence-corrected chi connectivity index (χ4v) is 4.74. The van der Waals surface area contributed by atoms with Crippen molar-refractivity contribution in [3.05, 3.63) is 24.3 Å². The Balaban J connectivity index is 1.91. The number of hydrogen-bond donors (Lipinski definition) is 1. The van der Waals surface area contributed by atoms with Crippen LogP contribution in [0.2, 0.25) is 0 Å². The highest BCUT2D eigenvalue weighted by Gasteiger charge is 2.48. The molecule has 0 spiro atoms. The molecule has 2 bridgehead atoms. The van der Waals surface area contributed by atoms with Gasteiger partial charge in [0.2, 0.25) is 0 Å². The minimum atomic E-state index is -2.81. The van der Waals surface area contributed by atoms with Crippen molar-refractivity contribution in [2.24, 2.45) is 0 Å². The van der Waals surface area contributed by atoms with E-state index in [2.05, 4.69) is 4.90 Å². The van der Waals surface area contributed by atoms with Gasteiger partial charge in [-0.1, -0.05) is 6.07 Å². The maximum atomic E-state index is 11.6. The number of fused-ring (bicyclic) bond motifs is 2. The fourth-order valence-electron chi connectivity index (χ4n) is 2.72. The van der Waals surface area contributed by atoms with Crippen molar-refractivity contribution in [3.63, 3.8) is 0 Å². The fraction of sp³-hybridized carbons (Fsp3) is 0.455. The van der Waals surface area contributed by atoms with Gasteiger partial charge in [0.05, 0.1) is 11.0 Å². The minimum absolute atomic E-state index is 0.150. The number of rotatable bonds is 1. The number of nitrogen functional groups attached to an aromatic ring is 1. The number of benzene rings is 1. The number of anilines is 2. The summed E-state index contributed by atoms with van der Waals surface area (Å²) in [6.07, 6.45) is 0.775. The number of nitrogens with two attached hydrogens (primary N) is 1. The van der Waals surface area contributed by atoms with E-state index in [9.17, 15) is 8.42 Å². The molecular formula is C11H14N2O2S. The van der Waals surface area contributed by atoms with E-state index in [4.69, 9.17) is 5.73 Å². The molecule has 0 aromatic heterocycles. The third-order valence-corrected chi connectivity index (χ3v) is 5.72. The zero-order valence-corrected chi connectivity index (χ0v) is 9.65. The van der Waals surface area contributed by atoms with E-state index in [1.807, 2.05) is 24.3 Å². The number of sulfone groups is 1. The molecule has 86 valence electrons. The zero-order chi connectivity index (χ0) is 11.3. The molecule has 2 aliphatic rings. The molecule has 2 unspecified atom stereocenters. The van der Waals surface area contributed by atoms with Gasteiger partial charge in [0, 0.05) is 24.0 Å². The van der Waals surface area contributed by atoms with Crippen LogP contribution >= 0.6 is 0 Å². The van der Waals surface area contributed by atoms with Crippen molar-refractivity contribution < 1.29 is 8.42 Å². The summed E-state index contributed by atoms with van der Waals surface area (Å²) in [6, 6.07) is 7.80. The molecule has 3 rings (SSSR count). The van der Waals surface area contributed by atoms with E-state index in [0.717, 1.165) is 17.8 Å². The highest BCUT2D eigenvalue weighted by molar-refractivity contribution is 7.92. The van der Waals surface area contributed by atoms with Crippen molar-refractivity contribution in [3.8, 4) is 0 Å². The van der Waals surface area contributed by atoms with Crippen LogP contribution < -0.4 is 10.6 Å². The van der Waals surface area contributed by atoms with E-state index in [-0.39, 0.29) is 11.3 Å². The summed E-state index contributed by atoms with van der Waals surface area (Å²) in [7, 11) is -2.81. The standard InChI is InChI=1S/C11H14N2O2S/c12-8-2-1-3-9(4-8)13-6-11-5-10(13)7-16(11,14)15/h1-4,10-11H,5-7,12H2. The molecule has 16 heavy (non-hydrogen) atoms. The molecule has 0 aliphatic carbocycles. The third kappa shape index (κ3) is 1.38. The van der Waals surface area contributed by atoms with Gasteiger partial charge in [0.25, 0.3) is 0 Å². The molecule has 2 heterocycles. The Labute approximate surface area is 95.0 Å². The van der Waals surface area contributed by atoms with E-state index in [1.54, 1.807) is 0 Å². The smallest absolute Gasteiger partial charge is 0.156 e. The Hall–Kier alpha value is -1.23. The molecule has 1 aromatic carbocycles. The van der Waals surface area contributed by atoms with Gasteiger partial charge in [-0.2, -0.15) is 0 Å². The Morgan fingerprint density at radius 1 is 1.38 bits per heavy atom. The lowest BCUT2D eigenvalue weighted by molar-refractivity contribution is 0.585. The molecule has 1 aromatic rings. The predicted octanol–water partition coefficient (Wildman–Crippen LogP) is 0.645.